The van der Waals surface area contributed by atoms with Gasteiger partial charge in [0.05, 0.1) is 5.69 Å². The van der Waals surface area contributed by atoms with E-state index in [-0.39, 0.29) is 18.2 Å². The van der Waals surface area contributed by atoms with Crippen molar-refractivity contribution >= 4 is 35.3 Å². The van der Waals surface area contributed by atoms with Gasteiger partial charge in [-0.3, -0.25) is 4.79 Å². The van der Waals surface area contributed by atoms with Crippen LogP contribution in [0.5, 0.6) is 5.75 Å². The van der Waals surface area contributed by atoms with Crippen molar-refractivity contribution in [3.63, 3.8) is 0 Å². The minimum Gasteiger partial charge on any atom is -0.491 e. The fourth-order valence-corrected chi connectivity index (χ4v) is 5.48. The topological polar surface area (TPSA) is 93.7 Å². The molecule has 2 aromatic carbocycles. The van der Waals surface area contributed by atoms with E-state index >= 15 is 0 Å². The monoisotopic (exact) mass is 556 g/mol. The molecule has 2 amide bonds. The SMILES string of the molecule is CC(C)C(C=O)(COc1ccc(C2(c3cccs3)C(=O)Nc3c2ccc(F)c3F)cc1)NC(=O)OC(C)(C)C. The lowest BCUT2D eigenvalue weighted by molar-refractivity contribution is -0.118. The molecule has 0 aliphatic carbocycles. The highest BCUT2D eigenvalue weighted by molar-refractivity contribution is 7.10. The molecule has 2 atom stereocenters. The maximum Gasteiger partial charge on any atom is 0.408 e. The van der Waals surface area contributed by atoms with Crippen molar-refractivity contribution in [1.82, 2.24) is 5.32 Å². The highest BCUT2D eigenvalue weighted by Gasteiger charge is 2.52. The van der Waals surface area contributed by atoms with Crippen LogP contribution >= 0.6 is 11.3 Å². The molecular formula is C29H30F2N2O5S. The molecule has 10 heteroatoms. The zero-order chi connectivity index (χ0) is 28.6. The average molecular weight is 557 g/mol. The molecule has 0 radical (unpaired) electrons. The molecule has 0 bridgehead atoms. The molecule has 0 saturated heterocycles. The van der Waals surface area contributed by atoms with Crippen LogP contribution in [-0.4, -0.2) is 36.0 Å². The first-order valence-electron chi connectivity index (χ1n) is 12.4. The number of ether oxygens (including phenoxy) is 2. The van der Waals surface area contributed by atoms with Gasteiger partial charge in [0.15, 0.2) is 11.6 Å². The summed E-state index contributed by atoms with van der Waals surface area (Å²) in [5.41, 5.74) is -2.84. The van der Waals surface area contributed by atoms with E-state index in [1.54, 1.807) is 71.0 Å². The second kappa shape index (κ2) is 10.4. The van der Waals surface area contributed by atoms with Crippen molar-refractivity contribution in [2.24, 2.45) is 5.92 Å². The summed E-state index contributed by atoms with van der Waals surface area (Å²) in [4.78, 5) is 38.7. The number of aldehydes is 1. The van der Waals surface area contributed by atoms with Gasteiger partial charge in [-0.1, -0.05) is 38.1 Å². The van der Waals surface area contributed by atoms with Gasteiger partial charge in [0.2, 0.25) is 5.91 Å². The van der Waals surface area contributed by atoms with E-state index in [2.05, 4.69) is 10.6 Å². The molecule has 0 fully saturated rings. The highest BCUT2D eigenvalue weighted by Crippen LogP contribution is 2.50. The standard InChI is InChI=1S/C29H30F2N2O5S/c1-17(2)28(15-34,33-26(36)38-27(3,4)5)16-37-19-10-8-18(9-11-19)29(22-7-6-14-39-22)20-12-13-21(30)23(31)24(20)32-25(29)35/h6-15,17H,16H2,1-5H3,(H,32,35)(H,33,36). The fourth-order valence-electron chi connectivity index (χ4n) is 4.52. The number of hydrogen-bond donors (Lipinski definition) is 2. The summed E-state index contributed by atoms with van der Waals surface area (Å²) < 4.78 is 39.9. The number of rotatable bonds is 8. The van der Waals surface area contributed by atoms with E-state index in [0.29, 0.717) is 28.0 Å². The number of thiophene rings is 1. The number of fused-ring (bicyclic) bond motifs is 1. The van der Waals surface area contributed by atoms with E-state index in [1.165, 1.54) is 17.4 Å². The predicted octanol–water partition coefficient (Wildman–Crippen LogP) is 5.81. The summed E-state index contributed by atoms with van der Waals surface area (Å²) >= 11 is 1.33. The molecule has 1 aromatic heterocycles. The number of hydrogen-bond acceptors (Lipinski definition) is 6. The van der Waals surface area contributed by atoms with E-state index in [0.717, 1.165) is 6.07 Å². The number of nitrogens with one attached hydrogen (secondary N) is 2. The van der Waals surface area contributed by atoms with Gasteiger partial charge < -0.3 is 24.9 Å². The van der Waals surface area contributed by atoms with Gasteiger partial charge in [-0.25, -0.2) is 13.6 Å². The summed E-state index contributed by atoms with van der Waals surface area (Å²) in [7, 11) is 0. The second-order valence-corrected chi connectivity index (χ2v) is 11.7. The summed E-state index contributed by atoms with van der Waals surface area (Å²) in [6.07, 6.45) is -0.107. The molecule has 4 rings (SSSR count). The molecule has 1 aliphatic rings. The van der Waals surface area contributed by atoms with Crippen molar-refractivity contribution in [1.29, 1.82) is 0 Å². The summed E-state index contributed by atoms with van der Waals surface area (Å²) in [6.45, 7) is 8.55. The van der Waals surface area contributed by atoms with Crippen LogP contribution in [0.2, 0.25) is 0 Å². The largest absolute Gasteiger partial charge is 0.491 e. The summed E-state index contributed by atoms with van der Waals surface area (Å²) in [5, 5.41) is 6.98. The second-order valence-electron chi connectivity index (χ2n) is 10.7. The molecule has 2 heterocycles. The van der Waals surface area contributed by atoms with Crippen LogP contribution in [0, 0.1) is 17.6 Å². The first-order chi connectivity index (χ1) is 18.3. The molecule has 206 valence electrons. The molecule has 2 unspecified atom stereocenters. The number of benzene rings is 2. The first kappa shape index (κ1) is 28.2. The van der Waals surface area contributed by atoms with Gasteiger partial charge in [0.25, 0.3) is 0 Å². The number of anilines is 1. The number of amides is 2. The lowest BCUT2D eigenvalue weighted by Crippen LogP contribution is -2.58. The third kappa shape index (κ3) is 5.13. The van der Waals surface area contributed by atoms with Crippen LogP contribution in [0.4, 0.5) is 19.3 Å². The van der Waals surface area contributed by atoms with Crippen molar-refractivity contribution in [3.8, 4) is 5.75 Å². The van der Waals surface area contributed by atoms with Gasteiger partial charge in [-0.15, -0.1) is 11.3 Å². The number of alkyl carbamates (subject to hydrolysis) is 1. The zero-order valence-electron chi connectivity index (χ0n) is 22.3. The summed E-state index contributed by atoms with van der Waals surface area (Å²) in [6, 6.07) is 12.6. The van der Waals surface area contributed by atoms with Crippen molar-refractivity contribution in [2.45, 2.75) is 51.2 Å². The lowest BCUT2D eigenvalue weighted by Gasteiger charge is -2.33. The number of halogens is 2. The quantitative estimate of drug-likeness (QED) is 0.342. The van der Waals surface area contributed by atoms with Crippen LogP contribution in [-0.2, 0) is 19.7 Å². The van der Waals surface area contributed by atoms with E-state index in [1.807, 2.05) is 5.38 Å². The Bertz CT molecular complexity index is 1390. The number of carbonyl (C=O) groups is 3. The lowest BCUT2D eigenvalue weighted by atomic mass is 9.74. The van der Waals surface area contributed by atoms with Crippen molar-refractivity contribution in [2.75, 3.05) is 11.9 Å². The zero-order valence-corrected chi connectivity index (χ0v) is 23.1. The summed E-state index contributed by atoms with van der Waals surface area (Å²) in [5.74, 6) is -2.61. The third-order valence-electron chi connectivity index (χ3n) is 6.71. The minimum absolute atomic E-state index is 0.170. The smallest absolute Gasteiger partial charge is 0.408 e. The van der Waals surface area contributed by atoms with Gasteiger partial charge in [-0.05, 0) is 61.9 Å². The van der Waals surface area contributed by atoms with Gasteiger partial charge in [0.1, 0.15) is 35.2 Å². The first-order valence-corrected chi connectivity index (χ1v) is 13.3. The molecular weight excluding hydrogens is 526 g/mol. The predicted molar refractivity (Wildman–Crippen MR) is 144 cm³/mol. The molecule has 3 aromatic rings. The average Bonchev–Trinajstić information content (AvgIpc) is 3.50. The Labute approximate surface area is 229 Å². The van der Waals surface area contributed by atoms with Gasteiger partial charge >= 0.3 is 6.09 Å². The van der Waals surface area contributed by atoms with Crippen LogP contribution < -0.4 is 15.4 Å². The molecule has 39 heavy (non-hydrogen) atoms. The third-order valence-corrected chi connectivity index (χ3v) is 7.70. The van der Waals surface area contributed by atoms with Gasteiger partial charge in [-0.2, -0.15) is 0 Å². The van der Waals surface area contributed by atoms with Crippen LogP contribution in [0.25, 0.3) is 0 Å². The molecule has 2 N–H and O–H groups in total. The van der Waals surface area contributed by atoms with E-state index in [4.69, 9.17) is 9.47 Å². The van der Waals surface area contributed by atoms with Crippen LogP contribution in [0.3, 0.4) is 0 Å². The Hall–Kier alpha value is -3.79. The minimum atomic E-state index is -1.39. The molecule has 0 saturated carbocycles. The van der Waals surface area contributed by atoms with Crippen LogP contribution in [0.15, 0.2) is 53.9 Å². The van der Waals surface area contributed by atoms with Crippen LogP contribution in [0.1, 0.15) is 50.6 Å². The Balaban J connectivity index is 1.65. The maximum absolute atomic E-state index is 14.7. The van der Waals surface area contributed by atoms with E-state index < -0.39 is 40.2 Å². The Morgan fingerprint density at radius 1 is 1.13 bits per heavy atom. The molecule has 0 spiro atoms. The molecule has 7 nitrogen and oxygen atoms in total. The fraction of sp³-hybridized carbons (Fsp3) is 0.345. The normalized spacial score (nSPS) is 18.2. The number of carbonyl (C=O) groups excluding carboxylic acids is 3. The Kier molecular flexibility index (Phi) is 7.53. The van der Waals surface area contributed by atoms with Crippen molar-refractivity contribution < 1.29 is 32.6 Å². The Morgan fingerprint density at radius 3 is 2.38 bits per heavy atom. The van der Waals surface area contributed by atoms with Crippen molar-refractivity contribution in [3.05, 3.63) is 81.5 Å². The van der Waals surface area contributed by atoms with E-state index in [9.17, 15) is 23.2 Å². The maximum atomic E-state index is 14.7. The Morgan fingerprint density at radius 2 is 1.82 bits per heavy atom. The highest BCUT2D eigenvalue weighted by atomic mass is 32.1. The van der Waals surface area contributed by atoms with Gasteiger partial charge in [0, 0.05) is 10.4 Å². The molecule has 1 aliphatic heterocycles.